The molecule has 2 heterocycles. The number of rotatable bonds is 2. The summed E-state index contributed by atoms with van der Waals surface area (Å²) in [4.78, 5) is 0. The van der Waals surface area contributed by atoms with Crippen molar-refractivity contribution in [3.05, 3.63) is 27.7 Å². The van der Waals surface area contributed by atoms with E-state index in [9.17, 15) is 0 Å². The summed E-state index contributed by atoms with van der Waals surface area (Å²) in [7, 11) is 0. The molecule has 0 bridgehead atoms. The Labute approximate surface area is 123 Å². The lowest BCUT2D eigenvalue weighted by atomic mass is 9.88. The first-order chi connectivity index (χ1) is 9.13. The lowest BCUT2D eigenvalue weighted by Crippen LogP contribution is -2.43. The molecule has 0 aliphatic carbocycles. The molecule has 2 atom stereocenters. The van der Waals surface area contributed by atoms with Gasteiger partial charge >= 0.3 is 0 Å². The Morgan fingerprint density at radius 2 is 2.32 bits per heavy atom. The van der Waals surface area contributed by atoms with Gasteiger partial charge in [-0.3, -0.25) is 0 Å². The zero-order chi connectivity index (χ0) is 13.5. The predicted octanol–water partition coefficient (Wildman–Crippen LogP) is 3.59. The molecule has 1 aromatic carbocycles. The third kappa shape index (κ3) is 2.45. The third-order valence-corrected chi connectivity index (χ3v) is 4.33. The van der Waals surface area contributed by atoms with Crippen molar-refractivity contribution in [1.29, 1.82) is 0 Å². The van der Waals surface area contributed by atoms with E-state index in [0.29, 0.717) is 16.7 Å². The molecule has 2 aliphatic heterocycles. The summed E-state index contributed by atoms with van der Waals surface area (Å²) in [5.41, 5.74) is 0.779. The van der Waals surface area contributed by atoms with E-state index in [1.54, 1.807) is 6.07 Å². The number of hydrogen-bond donors (Lipinski definition) is 1. The van der Waals surface area contributed by atoms with Crippen molar-refractivity contribution in [2.45, 2.75) is 31.5 Å². The van der Waals surface area contributed by atoms with Gasteiger partial charge in [-0.1, -0.05) is 23.2 Å². The number of ether oxygens (including phenoxy) is 2. The smallest absolute Gasteiger partial charge is 0.144 e. The third-order valence-electron chi connectivity index (χ3n) is 3.83. The van der Waals surface area contributed by atoms with Crippen molar-refractivity contribution in [2.75, 3.05) is 19.7 Å². The number of halogens is 2. The minimum absolute atomic E-state index is 0.00449. The van der Waals surface area contributed by atoms with Gasteiger partial charge < -0.3 is 14.8 Å². The molecule has 0 radical (unpaired) electrons. The van der Waals surface area contributed by atoms with Crippen LogP contribution in [0.1, 0.15) is 31.4 Å². The fourth-order valence-electron chi connectivity index (χ4n) is 2.97. The van der Waals surface area contributed by atoms with Crippen LogP contribution in [0.5, 0.6) is 5.75 Å². The Kier molecular flexibility index (Phi) is 3.65. The molecule has 0 amide bonds. The highest BCUT2D eigenvalue weighted by Crippen LogP contribution is 2.48. The molecule has 5 heteroatoms. The van der Waals surface area contributed by atoms with Crippen molar-refractivity contribution in [3.8, 4) is 5.75 Å². The van der Waals surface area contributed by atoms with Gasteiger partial charge in [0.15, 0.2) is 0 Å². The van der Waals surface area contributed by atoms with E-state index in [1.165, 1.54) is 0 Å². The largest absolute Gasteiger partial charge is 0.484 e. The van der Waals surface area contributed by atoms with Gasteiger partial charge in [0, 0.05) is 36.6 Å². The van der Waals surface area contributed by atoms with Gasteiger partial charge in [-0.25, -0.2) is 0 Å². The van der Waals surface area contributed by atoms with E-state index in [0.717, 1.165) is 37.2 Å². The van der Waals surface area contributed by atoms with Crippen molar-refractivity contribution in [3.63, 3.8) is 0 Å². The SMILES string of the molecule is CCOC1CC2(CCNC2)Oc2c(Cl)cc(Cl)cc21. The Morgan fingerprint density at radius 1 is 1.47 bits per heavy atom. The number of benzene rings is 1. The predicted molar refractivity (Wildman–Crippen MR) is 76.3 cm³/mol. The molecule has 2 unspecified atom stereocenters. The van der Waals surface area contributed by atoms with Crippen LogP contribution in [-0.4, -0.2) is 25.3 Å². The van der Waals surface area contributed by atoms with Crippen molar-refractivity contribution in [2.24, 2.45) is 0 Å². The summed E-state index contributed by atoms with van der Waals surface area (Å²) in [6.45, 7) is 4.48. The van der Waals surface area contributed by atoms with Crippen LogP contribution in [0.25, 0.3) is 0 Å². The van der Waals surface area contributed by atoms with E-state index in [-0.39, 0.29) is 11.7 Å². The van der Waals surface area contributed by atoms with E-state index < -0.39 is 0 Å². The van der Waals surface area contributed by atoms with Crippen LogP contribution in [0.4, 0.5) is 0 Å². The molecular formula is C14H17Cl2NO2. The van der Waals surface area contributed by atoms with Crippen LogP contribution >= 0.6 is 23.2 Å². The zero-order valence-electron chi connectivity index (χ0n) is 10.8. The number of fused-ring (bicyclic) bond motifs is 1. The standard InChI is InChI=1S/C14H17Cl2NO2/c1-2-18-12-7-14(3-4-17-8-14)19-13-10(12)5-9(15)6-11(13)16/h5-6,12,17H,2-4,7-8H2,1H3. The number of nitrogens with one attached hydrogen (secondary N) is 1. The lowest BCUT2D eigenvalue weighted by Gasteiger charge is -2.39. The molecule has 0 saturated carbocycles. The summed E-state index contributed by atoms with van der Waals surface area (Å²) < 4.78 is 12.1. The van der Waals surface area contributed by atoms with Gasteiger partial charge in [0.05, 0.1) is 11.1 Å². The molecule has 19 heavy (non-hydrogen) atoms. The Hall–Kier alpha value is -0.480. The van der Waals surface area contributed by atoms with Crippen molar-refractivity contribution >= 4 is 23.2 Å². The molecule has 1 N–H and O–H groups in total. The zero-order valence-corrected chi connectivity index (χ0v) is 12.4. The fraction of sp³-hybridized carbons (Fsp3) is 0.571. The average Bonchev–Trinajstić information content (AvgIpc) is 2.80. The maximum atomic E-state index is 6.29. The molecule has 104 valence electrons. The first kappa shape index (κ1) is 13.5. The maximum Gasteiger partial charge on any atom is 0.144 e. The van der Waals surface area contributed by atoms with Crippen LogP contribution in [0.15, 0.2) is 12.1 Å². The number of hydrogen-bond acceptors (Lipinski definition) is 3. The van der Waals surface area contributed by atoms with Gasteiger partial charge in [-0.2, -0.15) is 0 Å². The summed E-state index contributed by atoms with van der Waals surface area (Å²) in [6.07, 6.45) is 1.83. The highest BCUT2D eigenvalue weighted by molar-refractivity contribution is 6.35. The average molecular weight is 302 g/mol. The minimum Gasteiger partial charge on any atom is -0.484 e. The minimum atomic E-state index is -0.190. The van der Waals surface area contributed by atoms with Crippen LogP contribution in [0, 0.1) is 0 Å². The van der Waals surface area contributed by atoms with Crippen LogP contribution in [0.3, 0.4) is 0 Å². The Morgan fingerprint density at radius 3 is 3.00 bits per heavy atom. The van der Waals surface area contributed by atoms with E-state index >= 15 is 0 Å². The molecule has 0 aromatic heterocycles. The second kappa shape index (κ2) is 5.13. The molecule has 1 spiro atoms. The van der Waals surface area contributed by atoms with Gasteiger partial charge in [0.2, 0.25) is 0 Å². The van der Waals surface area contributed by atoms with E-state index in [4.69, 9.17) is 32.7 Å². The topological polar surface area (TPSA) is 30.5 Å². The van der Waals surface area contributed by atoms with Gasteiger partial charge in [-0.15, -0.1) is 0 Å². The van der Waals surface area contributed by atoms with E-state index in [2.05, 4.69) is 5.32 Å². The normalized spacial score (nSPS) is 29.3. The summed E-state index contributed by atoms with van der Waals surface area (Å²) in [6, 6.07) is 3.63. The van der Waals surface area contributed by atoms with Crippen LogP contribution in [-0.2, 0) is 4.74 Å². The second-order valence-corrected chi connectivity index (χ2v) is 6.01. The Balaban J connectivity index is 2.03. The second-order valence-electron chi connectivity index (χ2n) is 5.17. The molecule has 3 rings (SSSR count). The summed E-state index contributed by atoms with van der Waals surface area (Å²) in [5.74, 6) is 0.736. The Bertz CT molecular complexity index is 487. The monoisotopic (exact) mass is 301 g/mol. The van der Waals surface area contributed by atoms with Crippen molar-refractivity contribution < 1.29 is 9.47 Å². The molecule has 3 nitrogen and oxygen atoms in total. The molecular weight excluding hydrogens is 285 g/mol. The quantitative estimate of drug-likeness (QED) is 0.905. The first-order valence-corrected chi connectivity index (χ1v) is 7.39. The molecule has 1 aromatic rings. The maximum absolute atomic E-state index is 6.29. The van der Waals surface area contributed by atoms with Gasteiger partial charge in [0.1, 0.15) is 11.4 Å². The molecule has 2 aliphatic rings. The van der Waals surface area contributed by atoms with Crippen LogP contribution in [0.2, 0.25) is 10.0 Å². The van der Waals surface area contributed by atoms with Gasteiger partial charge in [0.25, 0.3) is 0 Å². The fourth-order valence-corrected chi connectivity index (χ4v) is 3.51. The van der Waals surface area contributed by atoms with Gasteiger partial charge in [-0.05, 0) is 25.6 Å². The van der Waals surface area contributed by atoms with E-state index in [1.807, 2.05) is 13.0 Å². The summed E-state index contributed by atoms with van der Waals surface area (Å²) in [5, 5.41) is 4.55. The van der Waals surface area contributed by atoms with Crippen molar-refractivity contribution in [1.82, 2.24) is 5.32 Å². The highest BCUT2D eigenvalue weighted by atomic mass is 35.5. The first-order valence-electron chi connectivity index (χ1n) is 6.64. The molecule has 1 saturated heterocycles. The lowest BCUT2D eigenvalue weighted by molar-refractivity contribution is -0.0353. The molecule has 1 fully saturated rings. The summed E-state index contributed by atoms with van der Waals surface area (Å²) >= 11 is 12.4. The highest BCUT2D eigenvalue weighted by Gasteiger charge is 2.44. The van der Waals surface area contributed by atoms with Crippen LogP contribution < -0.4 is 10.1 Å².